The molecule has 3 aromatic rings. The average molecular weight is 834 g/mol. The van der Waals surface area contributed by atoms with Crippen LogP contribution in [0.3, 0.4) is 0 Å². The Hall–Kier alpha value is -4.90. The Kier molecular flexibility index (Phi) is 34.9. The number of para-hydroxylation sites is 4. The van der Waals surface area contributed by atoms with Gasteiger partial charge in [0.15, 0.2) is 23.0 Å². The Morgan fingerprint density at radius 2 is 1.26 bits per heavy atom. The largest absolute Gasteiger partial charge is 0.507 e. The smallest absolute Gasteiger partial charge is 0.463 e. The molecule has 0 radical (unpaired) electrons. The lowest BCUT2D eigenvalue weighted by molar-refractivity contribution is -0.385. The van der Waals surface area contributed by atoms with Gasteiger partial charge in [-0.25, -0.2) is 0 Å². The van der Waals surface area contributed by atoms with Crippen LogP contribution in [0.5, 0.6) is 28.7 Å². The summed E-state index contributed by atoms with van der Waals surface area (Å²) in [6.07, 6.45) is 15.3. The van der Waals surface area contributed by atoms with Gasteiger partial charge in [0.1, 0.15) is 23.9 Å². The molecule has 3 aromatic carbocycles. The molecule has 0 heterocycles. The van der Waals surface area contributed by atoms with Crippen molar-refractivity contribution in [3.8, 4) is 28.7 Å². The molecule has 0 spiro atoms. The van der Waals surface area contributed by atoms with Gasteiger partial charge < -0.3 is 42.1 Å². The van der Waals surface area contributed by atoms with E-state index >= 15 is 0 Å². The van der Waals surface area contributed by atoms with E-state index < -0.39 is 13.5 Å². The first-order valence-electron chi connectivity index (χ1n) is 18.0. The number of hydrogen-bond donors (Lipinski definition) is 1. The van der Waals surface area contributed by atoms with Gasteiger partial charge >= 0.3 is 8.60 Å². The van der Waals surface area contributed by atoms with Crippen molar-refractivity contribution in [1.82, 2.24) is 0 Å². The highest BCUT2D eigenvalue weighted by atomic mass is 31.2. The molecule has 0 bridgehead atoms. The molecule has 0 aromatic heterocycles. The molecule has 0 saturated heterocycles. The van der Waals surface area contributed by atoms with Crippen molar-refractivity contribution in [2.45, 2.75) is 55.1 Å². The molecule has 13 nitrogen and oxygen atoms in total. The molecular formula is C42H61NO12P2. The van der Waals surface area contributed by atoms with Crippen molar-refractivity contribution in [2.24, 2.45) is 0 Å². The quantitative estimate of drug-likeness (QED) is 0.0403. The van der Waals surface area contributed by atoms with Crippen LogP contribution in [0.1, 0.15) is 54.0 Å². The first-order chi connectivity index (χ1) is 27.7. The second kappa shape index (κ2) is 36.7. The van der Waals surface area contributed by atoms with E-state index in [0.29, 0.717) is 35.2 Å². The van der Waals surface area contributed by atoms with Crippen LogP contribution in [0.25, 0.3) is 0 Å². The molecule has 1 atom stereocenters. The SMILES string of the molecule is CC.CC.COC.COc1ccccc1OP(OCc1ccc([N+](=O)[O-])cc1O)Oc1ccccc1OC.C\C=C/C=C(\C=C/C)OPO/C(=C/C=C\C)COC. The summed E-state index contributed by atoms with van der Waals surface area (Å²) >= 11 is 0. The van der Waals surface area contributed by atoms with E-state index in [0.717, 1.165) is 17.6 Å². The van der Waals surface area contributed by atoms with Gasteiger partial charge in [-0.15, -0.1) is 0 Å². The second-order valence-electron chi connectivity index (χ2n) is 9.93. The summed E-state index contributed by atoms with van der Waals surface area (Å²) in [5, 5.41) is 21.0. The Morgan fingerprint density at radius 3 is 1.70 bits per heavy atom. The van der Waals surface area contributed by atoms with Crippen LogP contribution < -0.4 is 18.5 Å². The third-order valence-electron chi connectivity index (χ3n) is 5.97. The highest BCUT2D eigenvalue weighted by Crippen LogP contribution is 2.47. The Labute approximate surface area is 342 Å². The predicted octanol–water partition coefficient (Wildman–Crippen LogP) is 12.2. The van der Waals surface area contributed by atoms with Crippen LogP contribution in [0.4, 0.5) is 5.69 Å². The number of non-ortho nitro benzene ring substituents is 1. The van der Waals surface area contributed by atoms with Gasteiger partial charge in [0.05, 0.1) is 31.8 Å². The van der Waals surface area contributed by atoms with Crippen LogP contribution in [0.15, 0.2) is 127 Å². The first kappa shape index (κ1) is 54.2. The number of allylic oxidation sites excluding steroid dienone is 8. The molecule has 15 heteroatoms. The van der Waals surface area contributed by atoms with Crippen molar-refractivity contribution in [3.63, 3.8) is 0 Å². The molecule has 0 aliphatic heterocycles. The fraction of sp³-hybridized carbons (Fsp3) is 0.333. The summed E-state index contributed by atoms with van der Waals surface area (Å²) in [7, 11) is 5.79. The maximum absolute atomic E-state index is 10.9. The summed E-state index contributed by atoms with van der Waals surface area (Å²) < 4.78 is 48.6. The molecule has 3 rings (SSSR count). The molecule has 57 heavy (non-hydrogen) atoms. The van der Waals surface area contributed by atoms with Gasteiger partial charge in [-0.1, -0.05) is 82.3 Å². The number of phenols is 1. The van der Waals surface area contributed by atoms with E-state index in [4.69, 9.17) is 36.8 Å². The summed E-state index contributed by atoms with van der Waals surface area (Å²) in [5.41, 5.74) is 0.115. The van der Waals surface area contributed by atoms with Crippen LogP contribution in [-0.4, -0.2) is 52.2 Å². The van der Waals surface area contributed by atoms with Gasteiger partial charge in [0.25, 0.3) is 14.7 Å². The number of ether oxygens (including phenoxy) is 4. The number of nitro groups is 1. The van der Waals surface area contributed by atoms with E-state index in [1.165, 1.54) is 26.4 Å². The van der Waals surface area contributed by atoms with E-state index in [-0.39, 0.29) is 27.1 Å². The minimum atomic E-state index is -2.02. The summed E-state index contributed by atoms with van der Waals surface area (Å²) in [6.45, 7) is 14.2. The number of hydrogen-bond acceptors (Lipinski definition) is 12. The van der Waals surface area contributed by atoms with E-state index in [1.54, 1.807) is 69.9 Å². The van der Waals surface area contributed by atoms with Gasteiger partial charge in [-0.3, -0.25) is 14.6 Å². The lowest BCUT2D eigenvalue weighted by Gasteiger charge is -2.20. The van der Waals surface area contributed by atoms with Crippen LogP contribution in [0.2, 0.25) is 0 Å². The van der Waals surface area contributed by atoms with Gasteiger partial charge in [-0.2, -0.15) is 0 Å². The fourth-order valence-electron chi connectivity index (χ4n) is 3.59. The average Bonchev–Trinajstić information content (AvgIpc) is 3.23. The minimum Gasteiger partial charge on any atom is -0.507 e. The molecule has 1 unspecified atom stereocenters. The van der Waals surface area contributed by atoms with Crippen molar-refractivity contribution in [3.05, 3.63) is 143 Å². The zero-order chi connectivity index (χ0) is 43.3. The van der Waals surface area contributed by atoms with Crippen LogP contribution in [0, 0.1) is 10.1 Å². The predicted molar refractivity (Wildman–Crippen MR) is 232 cm³/mol. The van der Waals surface area contributed by atoms with E-state index in [2.05, 4.69) is 4.74 Å². The normalized spacial score (nSPS) is 11.1. The summed E-state index contributed by atoms with van der Waals surface area (Å²) in [6, 6.07) is 17.8. The molecule has 1 N–H and O–H groups in total. The van der Waals surface area contributed by atoms with Crippen LogP contribution in [-0.2, 0) is 29.7 Å². The van der Waals surface area contributed by atoms with Gasteiger partial charge in [0, 0.05) is 33.0 Å². The zero-order valence-electron chi connectivity index (χ0n) is 35.2. The monoisotopic (exact) mass is 833 g/mol. The maximum atomic E-state index is 10.9. The number of nitrogens with zero attached hydrogens (tertiary/aromatic N) is 1. The highest BCUT2D eigenvalue weighted by Gasteiger charge is 2.22. The third-order valence-corrected chi connectivity index (χ3v) is 7.66. The van der Waals surface area contributed by atoms with E-state index in [9.17, 15) is 15.2 Å². The third kappa shape index (κ3) is 24.4. The summed E-state index contributed by atoms with van der Waals surface area (Å²) in [4.78, 5) is 10.3. The zero-order valence-corrected chi connectivity index (χ0v) is 37.1. The maximum Gasteiger partial charge on any atom is 0.463 e. The number of aromatic hydroxyl groups is 1. The second-order valence-corrected chi connectivity index (χ2v) is 11.6. The fourth-order valence-corrected chi connectivity index (χ4v) is 5.11. The van der Waals surface area contributed by atoms with Crippen molar-refractivity contribution in [1.29, 1.82) is 0 Å². The van der Waals surface area contributed by atoms with Gasteiger partial charge in [0.2, 0.25) is 0 Å². The molecular weight excluding hydrogens is 772 g/mol. The number of phenolic OH excluding ortho intramolecular Hbond substituents is 1. The van der Waals surface area contributed by atoms with Crippen molar-refractivity contribution in [2.75, 3.05) is 42.2 Å². The van der Waals surface area contributed by atoms with Gasteiger partial charge in [-0.05, 0) is 69.3 Å². The lowest BCUT2D eigenvalue weighted by atomic mass is 10.2. The Morgan fingerprint density at radius 1 is 0.754 bits per heavy atom. The lowest BCUT2D eigenvalue weighted by Crippen LogP contribution is -2.03. The number of benzene rings is 3. The Balaban J connectivity index is 0. The number of nitro benzene ring substituents is 1. The molecule has 0 fully saturated rings. The van der Waals surface area contributed by atoms with Crippen molar-refractivity contribution < 1.29 is 51.6 Å². The molecule has 316 valence electrons. The number of methoxy groups -OCH3 is 4. The minimum absolute atomic E-state index is 0.101. The highest BCUT2D eigenvalue weighted by molar-refractivity contribution is 7.42. The summed E-state index contributed by atoms with van der Waals surface area (Å²) in [5.74, 6) is 3.02. The molecule has 0 aliphatic rings. The molecule has 0 aliphatic carbocycles. The Bertz CT molecular complexity index is 1600. The van der Waals surface area contributed by atoms with Crippen molar-refractivity contribution >= 4 is 23.3 Å². The number of rotatable bonds is 19. The molecule has 0 saturated carbocycles. The molecule has 0 amide bonds. The first-order valence-corrected chi connectivity index (χ1v) is 19.9. The standard InChI is InChI=1S/C21H20NO8P.C15H23O3P.C2H6O.2C2H6/c1-26-18-7-3-5-9-20(18)29-31(30-21-10-6-4-8-19(21)27-2)28-14-15-11-12-16(22(24)25)13-17(15)23;1-5-8-11-14(10-7-3)17-19-18-15(13-16-4)12-9-6-2;1-3-2;2*1-2/h3-13,23H,14H2,1-2H3;5-12,19H,13H2,1-4H3;1-2H3;2*1-2H3/b;8-5-,9-6-,10-7-,14-11+,15-12+;;;. The van der Waals surface area contributed by atoms with E-state index in [1.807, 2.05) is 97.1 Å². The van der Waals surface area contributed by atoms with Crippen LogP contribution >= 0.6 is 17.6 Å². The topological polar surface area (TPSA) is 146 Å².